The number of rotatable bonds is 3. The molecule has 1 amide bonds. The van der Waals surface area contributed by atoms with Crippen LogP contribution >= 0.6 is 0 Å². The van der Waals surface area contributed by atoms with Gasteiger partial charge in [0.2, 0.25) is 0 Å². The van der Waals surface area contributed by atoms with Gasteiger partial charge in [0.1, 0.15) is 5.82 Å². The van der Waals surface area contributed by atoms with E-state index in [4.69, 9.17) is 4.74 Å². The number of piperidine rings is 1. The molecule has 27 heavy (non-hydrogen) atoms. The molecule has 4 rings (SSSR count). The molecular formula is C22H22FNO3. The summed E-state index contributed by atoms with van der Waals surface area (Å²) in [7, 11) is 1.33. The Balaban J connectivity index is 1.53. The van der Waals surface area contributed by atoms with Gasteiger partial charge in [-0.05, 0) is 67.5 Å². The lowest BCUT2D eigenvalue weighted by Gasteiger charge is -2.39. The zero-order chi connectivity index (χ0) is 19.0. The van der Waals surface area contributed by atoms with Crippen LogP contribution in [0.2, 0.25) is 0 Å². The molecule has 2 aromatic carbocycles. The second kappa shape index (κ2) is 7.14. The highest BCUT2D eigenvalue weighted by Crippen LogP contribution is 2.43. The van der Waals surface area contributed by atoms with E-state index in [1.807, 2.05) is 17.0 Å². The molecule has 2 saturated heterocycles. The van der Waals surface area contributed by atoms with Gasteiger partial charge in [0, 0.05) is 17.6 Å². The van der Waals surface area contributed by atoms with Gasteiger partial charge in [-0.15, -0.1) is 0 Å². The highest BCUT2D eigenvalue weighted by molar-refractivity contribution is 5.98. The molecular weight excluding hydrogens is 345 g/mol. The maximum absolute atomic E-state index is 13.2. The number of benzene rings is 2. The largest absolute Gasteiger partial charge is 0.465 e. The topological polar surface area (TPSA) is 46.6 Å². The molecule has 0 saturated carbocycles. The standard InChI is InChI=1S/C22H22FNO3/c1-27-22(26)16-4-2-3-15(11-16)21(25)24-19-9-10-20(24)13-17(12-19)14-5-7-18(23)8-6-14/h2-8,11,17,19-20H,9-10,12-13H2,1H3/t17?,19-,20+. The number of ether oxygens (including phenoxy) is 1. The van der Waals surface area contributed by atoms with E-state index in [0.717, 1.165) is 31.2 Å². The predicted octanol–water partition coefficient (Wildman–Crippen LogP) is 4.16. The fraction of sp³-hybridized carbons (Fsp3) is 0.364. The Morgan fingerprint density at radius 1 is 1.00 bits per heavy atom. The minimum absolute atomic E-state index is 0.0224. The molecule has 0 spiro atoms. The van der Waals surface area contributed by atoms with Gasteiger partial charge < -0.3 is 9.64 Å². The van der Waals surface area contributed by atoms with Crippen molar-refractivity contribution >= 4 is 11.9 Å². The molecule has 2 bridgehead atoms. The van der Waals surface area contributed by atoms with E-state index in [1.54, 1.807) is 24.3 Å². The molecule has 0 aliphatic carbocycles. The molecule has 5 heteroatoms. The number of fused-ring (bicyclic) bond motifs is 2. The summed E-state index contributed by atoms with van der Waals surface area (Å²) in [6, 6.07) is 13.8. The summed E-state index contributed by atoms with van der Waals surface area (Å²) in [5, 5.41) is 0. The maximum atomic E-state index is 13.2. The third kappa shape index (κ3) is 3.34. The van der Waals surface area contributed by atoms with Crippen molar-refractivity contribution < 1.29 is 18.7 Å². The highest BCUT2D eigenvalue weighted by atomic mass is 19.1. The Morgan fingerprint density at radius 2 is 1.63 bits per heavy atom. The van der Waals surface area contributed by atoms with Gasteiger partial charge in [-0.3, -0.25) is 4.79 Å². The van der Waals surface area contributed by atoms with Crippen molar-refractivity contribution in [3.05, 3.63) is 71.0 Å². The van der Waals surface area contributed by atoms with E-state index >= 15 is 0 Å². The molecule has 2 aliphatic heterocycles. The first-order valence-electron chi connectivity index (χ1n) is 9.33. The molecule has 3 atom stereocenters. The van der Waals surface area contributed by atoms with E-state index in [9.17, 15) is 14.0 Å². The van der Waals surface area contributed by atoms with Crippen molar-refractivity contribution in [2.24, 2.45) is 0 Å². The Morgan fingerprint density at radius 3 is 2.26 bits per heavy atom. The van der Waals surface area contributed by atoms with Gasteiger partial charge in [-0.25, -0.2) is 9.18 Å². The zero-order valence-corrected chi connectivity index (χ0v) is 15.2. The summed E-state index contributed by atoms with van der Waals surface area (Å²) in [6.45, 7) is 0. The van der Waals surface area contributed by atoms with E-state index in [0.29, 0.717) is 17.0 Å². The van der Waals surface area contributed by atoms with E-state index < -0.39 is 5.97 Å². The van der Waals surface area contributed by atoms with Crippen LogP contribution in [0.5, 0.6) is 0 Å². The summed E-state index contributed by atoms with van der Waals surface area (Å²) < 4.78 is 18.0. The lowest BCUT2D eigenvalue weighted by atomic mass is 9.84. The van der Waals surface area contributed by atoms with Crippen LogP contribution in [-0.2, 0) is 4.74 Å². The van der Waals surface area contributed by atoms with E-state index in [-0.39, 0.29) is 23.8 Å². The highest BCUT2D eigenvalue weighted by Gasteiger charge is 2.43. The van der Waals surface area contributed by atoms with Gasteiger partial charge in [-0.1, -0.05) is 18.2 Å². The van der Waals surface area contributed by atoms with Crippen LogP contribution < -0.4 is 0 Å². The quantitative estimate of drug-likeness (QED) is 0.765. The van der Waals surface area contributed by atoms with Crippen molar-refractivity contribution in [2.45, 2.75) is 43.7 Å². The monoisotopic (exact) mass is 367 g/mol. The molecule has 0 N–H and O–H groups in total. The second-order valence-corrected chi connectivity index (χ2v) is 7.39. The van der Waals surface area contributed by atoms with Crippen molar-refractivity contribution in [3.8, 4) is 0 Å². The lowest BCUT2D eigenvalue weighted by Crippen LogP contribution is -2.46. The predicted molar refractivity (Wildman–Crippen MR) is 99.1 cm³/mol. The van der Waals surface area contributed by atoms with Crippen LogP contribution in [0.15, 0.2) is 48.5 Å². The molecule has 2 fully saturated rings. The van der Waals surface area contributed by atoms with Crippen LogP contribution in [0.1, 0.15) is 57.9 Å². The molecule has 1 unspecified atom stereocenters. The number of amides is 1. The smallest absolute Gasteiger partial charge is 0.337 e. The van der Waals surface area contributed by atoms with Crippen LogP contribution in [0.25, 0.3) is 0 Å². The fourth-order valence-electron chi connectivity index (χ4n) is 4.56. The zero-order valence-electron chi connectivity index (χ0n) is 15.2. The van der Waals surface area contributed by atoms with Crippen molar-refractivity contribution in [3.63, 3.8) is 0 Å². The minimum Gasteiger partial charge on any atom is -0.465 e. The first-order valence-corrected chi connectivity index (χ1v) is 9.33. The third-order valence-electron chi connectivity index (χ3n) is 5.84. The molecule has 2 aliphatic rings. The number of hydrogen-bond acceptors (Lipinski definition) is 3. The van der Waals surface area contributed by atoms with Crippen LogP contribution in [0.3, 0.4) is 0 Å². The van der Waals surface area contributed by atoms with Crippen LogP contribution in [0, 0.1) is 5.82 Å². The van der Waals surface area contributed by atoms with Crippen molar-refractivity contribution in [1.82, 2.24) is 4.90 Å². The number of carbonyl (C=O) groups is 2. The van der Waals surface area contributed by atoms with Gasteiger partial charge in [-0.2, -0.15) is 0 Å². The average Bonchev–Trinajstić information content (AvgIpc) is 2.96. The molecule has 0 radical (unpaired) electrons. The molecule has 0 aromatic heterocycles. The number of carbonyl (C=O) groups excluding carboxylic acids is 2. The normalized spacial score (nSPS) is 23.9. The fourth-order valence-corrected chi connectivity index (χ4v) is 4.56. The number of hydrogen-bond donors (Lipinski definition) is 0. The first kappa shape index (κ1) is 17.7. The second-order valence-electron chi connectivity index (χ2n) is 7.39. The number of halogens is 1. The van der Waals surface area contributed by atoms with Crippen molar-refractivity contribution in [1.29, 1.82) is 0 Å². The SMILES string of the molecule is COC(=O)c1cccc(C(=O)N2[C@@H]3CC[C@H]2CC(c2ccc(F)cc2)C3)c1. The summed E-state index contributed by atoms with van der Waals surface area (Å²) in [4.78, 5) is 26.9. The maximum Gasteiger partial charge on any atom is 0.337 e. The third-order valence-corrected chi connectivity index (χ3v) is 5.84. The Labute approximate surface area is 157 Å². The molecule has 2 aromatic rings. The number of methoxy groups -OCH3 is 1. The van der Waals surface area contributed by atoms with Crippen molar-refractivity contribution in [2.75, 3.05) is 7.11 Å². The Kier molecular flexibility index (Phi) is 4.68. The van der Waals surface area contributed by atoms with Gasteiger partial charge in [0.25, 0.3) is 5.91 Å². The van der Waals surface area contributed by atoms with Crippen LogP contribution in [-0.4, -0.2) is 36.0 Å². The van der Waals surface area contributed by atoms with E-state index in [1.165, 1.54) is 19.2 Å². The average molecular weight is 367 g/mol. The Hall–Kier alpha value is -2.69. The molecule has 140 valence electrons. The minimum atomic E-state index is -0.442. The van der Waals surface area contributed by atoms with Crippen LogP contribution in [0.4, 0.5) is 4.39 Å². The lowest BCUT2D eigenvalue weighted by molar-refractivity contribution is 0.0571. The summed E-state index contributed by atoms with van der Waals surface area (Å²) >= 11 is 0. The van der Waals surface area contributed by atoms with Gasteiger partial charge >= 0.3 is 5.97 Å². The van der Waals surface area contributed by atoms with Gasteiger partial charge in [0.15, 0.2) is 0 Å². The number of nitrogens with zero attached hydrogens (tertiary/aromatic N) is 1. The Bertz CT molecular complexity index is 850. The van der Waals surface area contributed by atoms with Gasteiger partial charge in [0.05, 0.1) is 12.7 Å². The summed E-state index contributed by atoms with van der Waals surface area (Å²) in [5.74, 6) is -0.332. The molecule has 4 nitrogen and oxygen atoms in total. The first-order chi connectivity index (χ1) is 13.1. The summed E-state index contributed by atoms with van der Waals surface area (Å²) in [5.41, 5.74) is 2.06. The van der Waals surface area contributed by atoms with E-state index in [2.05, 4.69) is 0 Å². The number of esters is 1. The summed E-state index contributed by atoms with van der Waals surface area (Å²) in [6.07, 6.45) is 3.77. The molecule has 2 heterocycles.